The molecule has 0 aliphatic rings. The van der Waals surface area contributed by atoms with Gasteiger partial charge in [0.2, 0.25) is 0 Å². The van der Waals surface area contributed by atoms with Gasteiger partial charge in [-0.3, -0.25) is 0 Å². The van der Waals surface area contributed by atoms with Gasteiger partial charge in [0, 0.05) is 12.0 Å². The summed E-state index contributed by atoms with van der Waals surface area (Å²) in [4.78, 5) is 0. The topological polar surface area (TPSA) is 20.2 Å². The van der Waals surface area contributed by atoms with E-state index in [9.17, 15) is 0 Å². The van der Waals surface area contributed by atoms with Crippen molar-refractivity contribution < 1.29 is 5.11 Å². The van der Waals surface area contributed by atoms with Crippen LogP contribution in [0.4, 0.5) is 0 Å². The lowest BCUT2D eigenvalue weighted by atomic mass is 9.89. The minimum Gasteiger partial charge on any atom is -0.396 e. The van der Waals surface area contributed by atoms with E-state index >= 15 is 0 Å². The van der Waals surface area contributed by atoms with Gasteiger partial charge in [-0.05, 0) is 25.2 Å². The van der Waals surface area contributed by atoms with Crippen LogP contribution < -0.4 is 0 Å². The fourth-order valence-electron chi connectivity index (χ4n) is 1.24. The summed E-state index contributed by atoms with van der Waals surface area (Å²) in [7, 11) is 0. The lowest BCUT2D eigenvalue weighted by molar-refractivity contribution is 0.171. The van der Waals surface area contributed by atoms with Crippen molar-refractivity contribution in [2.24, 2.45) is 11.8 Å². The molecule has 1 nitrogen and oxygen atoms in total. The molecule has 0 aromatic carbocycles. The Bertz CT molecular complexity index is 93.6. The first-order chi connectivity index (χ1) is 5.11. The first-order valence-corrected chi connectivity index (χ1v) is 4.80. The Morgan fingerprint density at radius 3 is 2.18 bits per heavy atom. The SMILES string of the molecule is CCC(C)C(CO)CC(C)Cl. The van der Waals surface area contributed by atoms with Gasteiger partial charge >= 0.3 is 0 Å². The van der Waals surface area contributed by atoms with Gasteiger partial charge in [-0.1, -0.05) is 20.3 Å². The Labute approximate surface area is 74.8 Å². The zero-order valence-electron chi connectivity index (χ0n) is 7.68. The minimum absolute atomic E-state index is 0.182. The molecule has 2 heteroatoms. The number of hydrogen-bond donors (Lipinski definition) is 1. The van der Waals surface area contributed by atoms with Gasteiger partial charge in [-0.15, -0.1) is 11.6 Å². The molecule has 0 fully saturated rings. The second-order valence-corrected chi connectivity index (χ2v) is 4.09. The van der Waals surface area contributed by atoms with Crippen LogP contribution in [0.15, 0.2) is 0 Å². The summed E-state index contributed by atoms with van der Waals surface area (Å²) in [6.45, 7) is 6.56. The Kier molecular flexibility index (Phi) is 5.98. The first kappa shape index (κ1) is 11.2. The highest BCUT2D eigenvalue weighted by Crippen LogP contribution is 2.21. The van der Waals surface area contributed by atoms with E-state index in [-0.39, 0.29) is 12.0 Å². The third-order valence-corrected chi connectivity index (χ3v) is 2.49. The number of rotatable bonds is 5. The van der Waals surface area contributed by atoms with E-state index in [1.165, 1.54) is 0 Å². The van der Waals surface area contributed by atoms with E-state index in [0.29, 0.717) is 11.8 Å². The van der Waals surface area contributed by atoms with E-state index in [0.717, 1.165) is 12.8 Å². The van der Waals surface area contributed by atoms with Crippen molar-refractivity contribution in [3.8, 4) is 0 Å². The van der Waals surface area contributed by atoms with Crippen LogP contribution in [-0.2, 0) is 0 Å². The summed E-state index contributed by atoms with van der Waals surface area (Å²) in [6, 6.07) is 0. The molecule has 0 aliphatic carbocycles. The quantitative estimate of drug-likeness (QED) is 0.642. The molecule has 0 heterocycles. The van der Waals surface area contributed by atoms with Crippen LogP contribution in [-0.4, -0.2) is 17.1 Å². The molecule has 1 N–H and O–H groups in total. The van der Waals surface area contributed by atoms with Crippen LogP contribution >= 0.6 is 11.6 Å². The maximum atomic E-state index is 9.02. The molecule has 0 spiro atoms. The normalized spacial score (nSPS) is 19.4. The highest BCUT2D eigenvalue weighted by molar-refractivity contribution is 6.20. The third kappa shape index (κ3) is 4.65. The molecular formula is C9H19ClO. The Hall–Kier alpha value is 0.250. The van der Waals surface area contributed by atoms with Gasteiger partial charge in [-0.2, -0.15) is 0 Å². The Morgan fingerprint density at radius 1 is 1.36 bits per heavy atom. The average molecular weight is 179 g/mol. The molecule has 0 rings (SSSR count). The summed E-state index contributed by atoms with van der Waals surface area (Å²) in [6.07, 6.45) is 2.04. The van der Waals surface area contributed by atoms with E-state index in [2.05, 4.69) is 13.8 Å². The van der Waals surface area contributed by atoms with Gasteiger partial charge in [0.15, 0.2) is 0 Å². The van der Waals surface area contributed by atoms with Crippen molar-refractivity contribution in [2.45, 2.75) is 39.0 Å². The van der Waals surface area contributed by atoms with Gasteiger partial charge < -0.3 is 5.11 Å². The van der Waals surface area contributed by atoms with Crippen molar-refractivity contribution in [1.82, 2.24) is 0 Å². The molecule has 0 aromatic heterocycles. The first-order valence-electron chi connectivity index (χ1n) is 4.36. The number of alkyl halides is 1. The second kappa shape index (κ2) is 5.84. The van der Waals surface area contributed by atoms with Crippen LogP contribution in [0.1, 0.15) is 33.6 Å². The molecule has 3 unspecified atom stereocenters. The number of hydrogen-bond acceptors (Lipinski definition) is 1. The monoisotopic (exact) mass is 178 g/mol. The van der Waals surface area contributed by atoms with Crippen LogP contribution in [0.3, 0.4) is 0 Å². The minimum atomic E-state index is 0.182. The predicted octanol–water partition coefficient (Wildman–Crippen LogP) is 2.66. The highest BCUT2D eigenvalue weighted by atomic mass is 35.5. The van der Waals surface area contributed by atoms with Crippen LogP contribution in [0.5, 0.6) is 0 Å². The fraction of sp³-hybridized carbons (Fsp3) is 1.00. The zero-order chi connectivity index (χ0) is 8.85. The smallest absolute Gasteiger partial charge is 0.0462 e. The standard InChI is InChI=1S/C9H19ClO/c1-4-7(2)9(6-11)5-8(3)10/h7-9,11H,4-6H2,1-3H3. The maximum Gasteiger partial charge on any atom is 0.0462 e. The zero-order valence-corrected chi connectivity index (χ0v) is 8.43. The molecular weight excluding hydrogens is 160 g/mol. The largest absolute Gasteiger partial charge is 0.396 e. The Morgan fingerprint density at radius 2 is 1.91 bits per heavy atom. The van der Waals surface area contributed by atoms with Crippen molar-refractivity contribution in [3.63, 3.8) is 0 Å². The molecule has 11 heavy (non-hydrogen) atoms. The van der Waals surface area contributed by atoms with E-state index in [1.807, 2.05) is 6.92 Å². The molecule has 3 atom stereocenters. The molecule has 0 aliphatic heterocycles. The maximum absolute atomic E-state index is 9.02. The number of aliphatic hydroxyl groups is 1. The van der Waals surface area contributed by atoms with Gasteiger partial charge in [0.05, 0.1) is 0 Å². The lowest BCUT2D eigenvalue weighted by Crippen LogP contribution is -2.18. The summed E-state index contributed by atoms with van der Waals surface area (Å²) < 4.78 is 0. The summed E-state index contributed by atoms with van der Waals surface area (Å²) in [5, 5.41) is 9.20. The molecule has 0 amide bonds. The van der Waals surface area contributed by atoms with Crippen LogP contribution in [0, 0.1) is 11.8 Å². The number of aliphatic hydroxyl groups excluding tert-OH is 1. The third-order valence-electron chi connectivity index (χ3n) is 2.31. The lowest BCUT2D eigenvalue weighted by Gasteiger charge is -2.21. The van der Waals surface area contributed by atoms with Gasteiger partial charge in [0.25, 0.3) is 0 Å². The molecule has 0 aromatic rings. The van der Waals surface area contributed by atoms with E-state index < -0.39 is 0 Å². The molecule has 0 saturated carbocycles. The predicted molar refractivity (Wildman–Crippen MR) is 50.0 cm³/mol. The van der Waals surface area contributed by atoms with Crippen LogP contribution in [0.2, 0.25) is 0 Å². The van der Waals surface area contributed by atoms with E-state index in [1.54, 1.807) is 0 Å². The molecule has 0 bridgehead atoms. The summed E-state index contributed by atoms with van der Waals surface area (Å²) >= 11 is 5.84. The van der Waals surface area contributed by atoms with Crippen molar-refractivity contribution >= 4 is 11.6 Å². The molecule has 68 valence electrons. The van der Waals surface area contributed by atoms with Gasteiger partial charge in [0.1, 0.15) is 0 Å². The van der Waals surface area contributed by atoms with E-state index in [4.69, 9.17) is 16.7 Å². The molecule has 0 radical (unpaired) electrons. The van der Waals surface area contributed by atoms with Crippen molar-refractivity contribution in [3.05, 3.63) is 0 Å². The summed E-state index contributed by atoms with van der Waals surface area (Å²) in [5.74, 6) is 0.966. The van der Waals surface area contributed by atoms with Gasteiger partial charge in [-0.25, -0.2) is 0 Å². The van der Waals surface area contributed by atoms with Crippen molar-refractivity contribution in [1.29, 1.82) is 0 Å². The van der Waals surface area contributed by atoms with Crippen molar-refractivity contribution in [2.75, 3.05) is 6.61 Å². The Balaban J connectivity index is 3.74. The average Bonchev–Trinajstić information content (AvgIpc) is 1.98. The fourth-order valence-corrected chi connectivity index (χ4v) is 1.47. The molecule has 0 saturated heterocycles. The second-order valence-electron chi connectivity index (χ2n) is 3.34. The summed E-state index contributed by atoms with van der Waals surface area (Å²) in [5.41, 5.74) is 0. The number of halogens is 1. The highest BCUT2D eigenvalue weighted by Gasteiger charge is 2.16. The van der Waals surface area contributed by atoms with Crippen LogP contribution in [0.25, 0.3) is 0 Å².